The van der Waals surface area contributed by atoms with Crippen LogP contribution in [-0.2, 0) is 9.59 Å². The third kappa shape index (κ3) is 4.57. The molecular formula is C19H28N2O2. The van der Waals surface area contributed by atoms with Crippen LogP contribution < -0.4 is 10.6 Å². The second-order valence-corrected chi connectivity index (χ2v) is 7.19. The Morgan fingerprint density at radius 3 is 2.22 bits per heavy atom. The minimum Gasteiger partial charge on any atom is -0.356 e. The van der Waals surface area contributed by atoms with Gasteiger partial charge in [0, 0.05) is 12.2 Å². The summed E-state index contributed by atoms with van der Waals surface area (Å²) >= 11 is 0. The van der Waals surface area contributed by atoms with Gasteiger partial charge in [-0.25, -0.2) is 0 Å². The lowest BCUT2D eigenvalue weighted by Gasteiger charge is -2.13. The molecule has 23 heavy (non-hydrogen) atoms. The third-order valence-corrected chi connectivity index (χ3v) is 4.41. The van der Waals surface area contributed by atoms with Crippen LogP contribution in [0.3, 0.4) is 0 Å². The van der Waals surface area contributed by atoms with Gasteiger partial charge in [-0.1, -0.05) is 31.5 Å². The van der Waals surface area contributed by atoms with Gasteiger partial charge in [0.1, 0.15) is 0 Å². The fourth-order valence-electron chi connectivity index (χ4n) is 2.98. The van der Waals surface area contributed by atoms with E-state index in [1.54, 1.807) is 0 Å². The van der Waals surface area contributed by atoms with Crippen LogP contribution in [-0.4, -0.2) is 18.4 Å². The van der Waals surface area contributed by atoms with Crippen LogP contribution in [0.25, 0.3) is 0 Å². The van der Waals surface area contributed by atoms with E-state index >= 15 is 0 Å². The Balaban J connectivity index is 1.88. The molecule has 126 valence electrons. The fraction of sp³-hybridized carbons (Fsp3) is 0.579. The maximum Gasteiger partial charge on any atom is 0.228 e. The molecule has 0 aromatic heterocycles. The second-order valence-electron chi connectivity index (χ2n) is 7.19. The lowest BCUT2D eigenvalue weighted by molar-refractivity contribution is -0.125. The summed E-state index contributed by atoms with van der Waals surface area (Å²) < 4.78 is 0. The van der Waals surface area contributed by atoms with Crippen molar-refractivity contribution in [3.63, 3.8) is 0 Å². The van der Waals surface area contributed by atoms with E-state index in [2.05, 4.69) is 36.6 Å². The molecule has 2 N–H and O–H groups in total. The van der Waals surface area contributed by atoms with Crippen LogP contribution in [0.2, 0.25) is 0 Å². The van der Waals surface area contributed by atoms with Gasteiger partial charge in [0.2, 0.25) is 11.8 Å². The van der Waals surface area contributed by atoms with E-state index in [0.717, 1.165) is 23.2 Å². The normalized spacial score (nSPS) is 19.6. The van der Waals surface area contributed by atoms with E-state index in [9.17, 15) is 9.59 Å². The smallest absolute Gasteiger partial charge is 0.228 e. The maximum absolute atomic E-state index is 12.4. The van der Waals surface area contributed by atoms with E-state index < -0.39 is 0 Å². The molecule has 1 fully saturated rings. The number of amides is 2. The van der Waals surface area contributed by atoms with E-state index in [1.807, 2.05) is 20.8 Å². The van der Waals surface area contributed by atoms with Crippen molar-refractivity contribution in [3.05, 3.63) is 28.8 Å². The molecule has 0 bridgehead atoms. The molecule has 2 unspecified atom stereocenters. The maximum atomic E-state index is 12.4. The van der Waals surface area contributed by atoms with Crippen LogP contribution in [0.5, 0.6) is 0 Å². The van der Waals surface area contributed by atoms with Gasteiger partial charge in [0.25, 0.3) is 0 Å². The third-order valence-electron chi connectivity index (χ3n) is 4.41. The van der Waals surface area contributed by atoms with Gasteiger partial charge >= 0.3 is 0 Å². The van der Waals surface area contributed by atoms with Crippen LogP contribution in [0.1, 0.15) is 43.4 Å². The summed E-state index contributed by atoms with van der Waals surface area (Å²) in [5, 5.41) is 5.94. The van der Waals surface area contributed by atoms with E-state index in [-0.39, 0.29) is 23.7 Å². The van der Waals surface area contributed by atoms with Crippen LogP contribution in [0.15, 0.2) is 12.1 Å². The summed E-state index contributed by atoms with van der Waals surface area (Å²) in [6.07, 6.45) is 1.63. The first-order valence-electron chi connectivity index (χ1n) is 8.46. The quantitative estimate of drug-likeness (QED) is 0.845. The van der Waals surface area contributed by atoms with Crippen LogP contribution in [0.4, 0.5) is 5.69 Å². The first kappa shape index (κ1) is 17.5. The summed E-state index contributed by atoms with van der Waals surface area (Å²) in [6, 6.07) is 4.12. The minimum atomic E-state index is -0.186. The molecule has 4 nitrogen and oxygen atoms in total. The summed E-state index contributed by atoms with van der Waals surface area (Å²) in [5.74, 6) is 0.204. The predicted octanol–water partition coefficient (Wildman–Crippen LogP) is 3.35. The number of carbonyl (C=O) groups excluding carboxylic acids is 2. The summed E-state index contributed by atoms with van der Waals surface area (Å²) in [6.45, 7) is 11.0. The molecule has 4 heteroatoms. The van der Waals surface area contributed by atoms with E-state index in [4.69, 9.17) is 0 Å². The Morgan fingerprint density at radius 1 is 1.09 bits per heavy atom. The highest BCUT2D eigenvalue weighted by molar-refractivity contribution is 6.00. The van der Waals surface area contributed by atoms with Crippen molar-refractivity contribution in [1.82, 2.24) is 5.32 Å². The number of aryl methyl sites for hydroxylation is 3. The van der Waals surface area contributed by atoms with Crippen molar-refractivity contribution in [1.29, 1.82) is 0 Å². The van der Waals surface area contributed by atoms with Gasteiger partial charge in [0.05, 0.1) is 11.8 Å². The molecule has 2 atom stereocenters. The number of carbonyl (C=O) groups is 2. The Kier molecular flexibility index (Phi) is 5.45. The highest BCUT2D eigenvalue weighted by Gasteiger charge is 2.48. The zero-order chi connectivity index (χ0) is 17.1. The summed E-state index contributed by atoms with van der Waals surface area (Å²) in [7, 11) is 0. The average molecular weight is 316 g/mol. The molecule has 1 saturated carbocycles. The lowest BCUT2D eigenvalue weighted by atomic mass is 10.0. The molecule has 0 heterocycles. The Morgan fingerprint density at radius 2 is 1.65 bits per heavy atom. The van der Waals surface area contributed by atoms with Crippen molar-refractivity contribution >= 4 is 17.5 Å². The van der Waals surface area contributed by atoms with Crippen molar-refractivity contribution in [2.75, 3.05) is 11.9 Å². The zero-order valence-electron chi connectivity index (χ0n) is 14.8. The van der Waals surface area contributed by atoms with Crippen molar-refractivity contribution < 1.29 is 9.59 Å². The number of rotatable bonds is 6. The molecule has 0 spiro atoms. The van der Waals surface area contributed by atoms with Gasteiger partial charge in [-0.2, -0.15) is 0 Å². The Bertz CT molecular complexity index is 584. The molecule has 0 radical (unpaired) electrons. The lowest BCUT2D eigenvalue weighted by Crippen LogP contribution is -2.29. The highest BCUT2D eigenvalue weighted by Crippen LogP contribution is 2.40. The standard InChI is InChI=1S/C19H28N2O2/c1-11(2)6-7-20-18(22)15-10-16(15)19(23)21-17-13(4)8-12(3)9-14(17)5/h8-9,11,15-16H,6-7,10H2,1-5H3,(H,20,22)(H,21,23). The molecule has 1 aromatic rings. The molecule has 2 rings (SSSR count). The Hall–Kier alpha value is -1.84. The Labute approximate surface area is 139 Å². The van der Waals surface area contributed by atoms with E-state index in [1.165, 1.54) is 5.56 Å². The first-order valence-corrected chi connectivity index (χ1v) is 8.46. The predicted molar refractivity (Wildman–Crippen MR) is 93.3 cm³/mol. The number of anilines is 1. The molecule has 1 aliphatic rings. The van der Waals surface area contributed by atoms with Gasteiger partial charge in [-0.3, -0.25) is 9.59 Å². The monoisotopic (exact) mass is 316 g/mol. The summed E-state index contributed by atoms with van der Waals surface area (Å²) in [4.78, 5) is 24.4. The SMILES string of the molecule is Cc1cc(C)c(NC(=O)C2CC2C(=O)NCCC(C)C)c(C)c1. The van der Waals surface area contributed by atoms with Gasteiger partial charge in [-0.05, 0) is 50.7 Å². The molecule has 2 amide bonds. The van der Waals surface area contributed by atoms with Gasteiger partial charge in [0.15, 0.2) is 0 Å². The second kappa shape index (κ2) is 7.16. The van der Waals surface area contributed by atoms with Crippen LogP contribution >= 0.6 is 0 Å². The van der Waals surface area contributed by atoms with Crippen molar-refractivity contribution in [3.8, 4) is 0 Å². The molecule has 1 aliphatic carbocycles. The average Bonchev–Trinajstić information content (AvgIpc) is 3.22. The summed E-state index contributed by atoms with van der Waals surface area (Å²) in [5.41, 5.74) is 4.20. The number of nitrogens with one attached hydrogen (secondary N) is 2. The highest BCUT2D eigenvalue weighted by atomic mass is 16.2. The van der Waals surface area contributed by atoms with Crippen molar-refractivity contribution in [2.24, 2.45) is 17.8 Å². The minimum absolute atomic E-state index is 0.0168. The number of hydrogen-bond donors (Lipinski definition) is 2. The fourth-order valence-corrected chi connectivity index (χ4v) is 2.98. The molecule has 0 saturated heterocycles. The van der Waals surface area contributed by atoms with Gasteiger partial charge in [-0.15, -0.1) is 0 Å². The number of benzene rings is 1. The topological polar surface area (TPSA) is 58.2 Å². The van der Waals surface area contributed by atoms with Crippen molar-refractivity contribution in [2.45, 2.75) is 47.5 Å². The zero-order valence-corrected chi connectivity index (χ0v) is 14.8. The van der Waals surface area contributed by atoms with Crippen LogP contribution in [0, 0.1) is 38.5 Å². The van der Waals surface area contributed by atoms with Gasteiger partial charge < -0.3 is 10.6 Å². The molecule has 0 aliphatic heterocycles. The molecule has 1 aromatic carbocycles. The largest absolute Gasteiger partial charge is 0.356 e. The number of hydrogen-bond acceptors (Lipinski definition) is 2. The van der Waals surface area contributed by atoms with E-state index in [0.29, 0.717) is 18.9 Å². The first-order chi connectivity index (χ1) is 10.8. The molecular weight excluding hydrogens is 288 g/mol.